The van der Waals surface area contributed by atoms with Gasteiger partial charge in [0.15, 0.2) is 11.4 Å². The van der Waals surface area contributed by atoms with Gasteiger partial charge < -0.3 is 8.83 Å². The number of hydrogen-bond donors (Lipinski definition) is 0. The lowest BCUT2D eigenvalue weighted by atomic mass is 9.98. The summed E-state index contributed by atoms with van der Waals surface area (Å²) in [6.45, 7) is 0. The molecular weight excluding hydrogens is 566 g/mol. The zero-order chi connectivity index (χ0) is 30.5. The Morgan fingerprint density at radius 3 is 1.67 bits per heavy atom. The number of hydrogen-bond acceptors (Lipinski definition) is 5. The van der Waals surface area contributed by atoms with Gasteiger partial charge in [0.1, 0.15) is 16.7 Å². The van der Waals surface area contributed by atoms with Gasteiger partial charge in [-0.1, -0.05) is 115 Å². The first-order valence-electron chi connectivity index (χ1n) is 15.2. The van der Waals surface area contributed by atoms with E-state index < -0.39 is 0 Å². The third-order valence-electron chi connectivity index (χ3n) is 8.37. The van der Waals surface area contributed by atoms with E-state index in [1.54, 1.807) is 0 Å². The highest BCUT2D eigenvalue weighted by Crippen LogP contribution is 2.42. The van der Waals surface area contributed by atoms with E-state index in [4.69, 9.17) is 23.8 Å². The SMILES string of the molecule is c1ccc(-c2ccc(-c3cc(-c4cccc5oc6cccc(-c7nc8ccccc8o7)c6c45)nc(-c4ccccc4)n3)cc2)cc1. The molecule has 0 N–H and O–H groups in total. The molecule has 0 aliphatic carbocycles. The molecule has 6 aromatic carbocycles. The van der Waals surface area contributed by atoms with Crippen LogP contribution in [0.25, 0.3) is 89.5 Å². The Balaban J connectivity index is 1.26. The largest absolute Gasteiger partial charge is 0.456 e. The van der Waals surface area contributed by atoms with Crippen LogP contribution in [0.5, 0.6) is 0 Å². The quantitative estimate of drug-likeness (QED) is 0.199. The summed E-state index contributed by atoms with van der Waals surface area (Å²) in [5.41, 5.74) is 10.8. The van der Waals surface area contributed by atoms with Crippen molar-refractivity contribution in [1.82, 2.24) is 15.0 Å². The maximum atomic E-state index is 6.42. The molecule has 0 radical (unpaired) electrons. The molecule has 46 heavy (non-hydrogen) atoms. The van der Waals surface area contributed by atoms with Crippen molar-refractivity contribution < 1.29 is 8.83 Å². The van der Waals surface area contributed by atoms with Crippen LogP contribution in [-0.4, -0.2) is 15.0 Å². The Bertz CT molecular complexity index is 2480. The zero-order valence-electron chi connectivity index (χ0n) is 24.6. The van der Waals surface area contributed by atoms with Crippen LogP contribution in [0, 0.1) is 0 Å². The molecule has 0 saturated heterocycles. The van der Waals surface area contributed by atoms with Gasteiger partial charge in [-0.2, -0.15) is 0 Å². The second-order valence-electron chi connectivity index (χ2n) is 11.2. The molecule has 0 fully saturated rings. The highest BCUT2D eigenvalue weighted by molar-refractivity contribution is 6.17. The second-order valence-corrected chi connectivity index (χ2v) is 11.2. The van der Waals surface area contributed by atoms with Gasteiger partial charge >= 0.3 is 0 Å². The van der Waals surface area contributed by atoms with Gasteiger partial charge in [0.2, 0.25) is 5.89 Å². The first kappa shape index (κ1) is 26.1. The van der Waals surface area contributed by atoms with Crippen LogP contribution in [0.2, 0.25) is 0 Å². The molecule has 0 aliphatic heterocycles. The van der Waals surface area contributed by atoms with Crippen LogP contribution < -0.4 is 0 Å². The molecular formula is C41H25N3O2. The number of para-hydroxylation sites is 2. The van der Waals surface area contributed by atoms with Crippen LogP contribution in [0.3, 0.4) is 0 Å². The molecule has 3 aromatic heterocycles. The Hall–Kier alpha value is -6.33. The molecule has 0 saturated carbocycles. The summed E-state index contributed by atoms with van der Waals surface area (Å²) < 4.78 is 12.7. The third kappa shape index (κ3) is 4.45. The standard InChI is InChI=1S/C41H25N3O2/c1-3-11-26(12-4-1)27-21-23-28(24-22-27)33-25-34(43-40(42-33)29-13-5-2-6-14-29)30-15-9-19-36-38(30)39-31(16-10-20-37(39)45-36)41-44-32-17-7-8-18-35(32)46-41/h1-25H. The maximum absolute atomic E-state index is 6.42. The summed E-state index contributed by atoms with van der Waals surface area (Å²) in [4.78, 5) is 15.0. The van der Waals surface area contributed by atoms with Crippen molar-refractivity contribution in [3.8, 4) is 56.5 Å². The molecule has 9 rings (SSSR count). The first-order valence-corrected chi connectivity index (χ1v) is 15.2. The van der Waals surface area contributed by atoms with Gasteiger partial charge in [0.05, 0.1) is 11.4 Å². The number of oxazole rings is 1. The van der Waals surface area contributed by atoms with Gasteiger partial charge in [-0.15, -0.1) is 0 Å². The van der Waals surface area contributed by atoms with Crippen molar-refractivity contribution >= 4 is 33.0 Å². The monoisotopic (exact) mass is 591 g/mol. The number of rotatable bonds is 5. The predicted octanol–water partition coefficient (Wildman–Crippen LogP) is 10.9. The lowest BCUT2D eigenvalue weighted by Crippen LogP contribution is -1.96. The summed E-state index contributed by atoms with van der Waals surface area (Å²) in [6, 6.07) is 51.0. The van der Waals surface area contributed by atoms with Crippen molar-refractivity contribution in [3.63, 3.8) is 0 Å². The fourth-order valence-corrected chi connectivity index (χ4v) is 6.16. The van der Waals surface area contributed by atoms with Crippen LogP contribution in [0.15, 0.2) is 160 Å². The zero-order valence-corrected chi connectivity index (χ0v) is 24.6. The number of nitrogens with zero attached hydrogens (tertiary/aromatic N) is 3. The molecule has 0 atom stereocenters. The van der Waals surface area contributed by atoms with Gasteiger partial charge in [-0.05, 0) is 47.5 Å². The summed E-state index contributed by atoms with van der Waals surface area (Å²) >= 11 is 0. The number of aromatic nitrogens is 3. The number of fused-ring (bicyclic) bond motifs is 4. The van der Waals surface area contributed by atoms with Gasteiger partial charge in [0, 0.05) is 33.0 Å². The minimum absolute atomic E-state index is 0.552. The van der Waals surface area contributed by atoms with E-state index in [1.165, 1.54) is 5.56 Å². The van der Waals surface area contributed by atoms with Crippen molar-refractivity contribution in [3.05, 3.63) is 152 Å². The van der Waals surface area contributed by atoms with Crippen LogP contribution in [-0.2, 0) is 0 Å². The minimum Gasteiger partial charge on any atom is -0.456 e. The van der Waals surface area contributed by atoms with Crippen molar-refractivity contribution in [2.45, 2.75) is 0 Å². The molecule has 0 bridgehead atoms. The smallest absolute Gasteiger partial charge is 0.228 e. The third-order valence-corrected chi connectivity index (χ3v) is 8.37. The van der Waals surface area contributed by atoms with Crippen LogP contribution >= 0.6 is 0 Å². The number of benzene rings is 6. The highest BCUT2D eigenvalue weighted by Gasteiger charge is 2.21. The molecule has 3 heterocycles. The average Bonchev–Trinajstić information content (AvgIpc) is 3.74. The predicted molar refractivity (Wildman–Crippen MR) is 184 cm³/mol. The molecule has 9 aromatic rings. The topological polar surface area (TPSA) is 65.0 Å². The van der Waals surface area contributed by atoms with Crippen molar-refractivity contribution in [2.24, 2.45) is 0 Å². The van der Waals surface area contributed by atoms with Gasteiger partial charge in [-0.25, -0.2) is 15.0 Å². The number of furan rings is 1. The fourth-order valence-electron chi connectivity index (χ4n) is 6.16. The molecule has 0 unspecified atom stereocenters. The lowest BCUT2D eigenvalue weighted by molar-refractivity contribution is 0.620. The summed E-state index contributed by atoms with van der Waals surface area (Å²) in [6.07, 6.45) is 0. The van der Waals surface area contributed by atoms with E-state index in [9.17, 15) is 0 Å². The summed E-state index contributed by atoms with van der Waals surface area (Å²) in [7, 11) is 0. The molecule has 0 aliphatic rings. The lowest BCUT2D eigenvalue weighted by Gasteiger charge is -2.11. The summed E-state index contributed by atoms with van der Waals surface area (Å²) in [5.74, 6) is 1.21. The fraction of sp³-hybridized carbons (Fsp3) is 0. The molecule has 5 nitrogen and oxygen atoms in total. The van der Waals surface area contributed by atoms with Crippen LogP contribution in [0.1, 0.15) is 0 Å². The van der Waals surface area contributed by atoms with Crippen molar-refractivity contribution in [1.29, 1.82) is 0 Å². The molecule has 0 amide bonds. The average molecular weight is 592 g/mol. The Morgan fingerprint density at radius 1 is 0.370 bits per heavy atom. The van der Waals surface area contributed by atoms with Gasteiger partial charge in [-0.3, -0.25) is 0 Å². The van der Waals surface area contributed by atoms with E-state index in [0.29, 0.717) is 11.7 Å². The summed E-state index contributed by atoms with van der Waals surface area (Å²) in [5, 5.41) is 1.90. The van der Waals surface area contributed by atoms with E-state index in [-0.39, 0.29) is 0 Å². The van der Waals surface area contributed by atoms with Crippen LogP contribution in [0.4, 0.5) is 0 Å². The van der Waals surface area contributed by atoms with Gasteiger partial charge in [0.25, 0.3) is 0 Å². The van der Waals surface area contributed by atoms with E-state index in [0.717, 1.165) is 72.2 Å². The van der Waals surface area contributed by atoms with E-state index >= 15 is 0 Å². The molecule has 0 spiro atoms. The van der Waals surface area contributed by atoms with Crippen molar-refractivity contribution in [2.75, 3.05) is 0 Å². The first-order chi connectivity index (χ1) is 22.8. The van der Waals surface area contributed by atoms with E-state index in [2.05, 4.69) is 60.7 Å². The Labute approximate surface area is 264 Å². The maximum Gasteiger partial charge on any atom is 0.228 e. The second kappa shape index (κ2) is 10.7. The Kier molecular flexibility index (Phi) is 6.06. The Morgan fingerprint density at radius 2 is 0.935 bits per heavy atom. The molecule has 216 valence electrons. The molecule has 5 heteroatoms. The van der Waals surface area contributed by atoms with E-state index in [1.807, 2.05) is 91.0 Å². The highest BCUT2D eigenvalue weighted by atomic mass is 16.3. The minimum atomic E-state index is 0.552. The normalized spacial score (nSPS) is 11.5.